The normalized spacial score (nSPS) is 11.3. The van der Waals surface area contributed by atoms with Crippen LogP contribution < -0.4 is 10.1 Å². The Hall–Kier alpha value is -3.60. The summed E-state index contributed by atoms with van der Waals surface area (Å²) in [6, 6.07) is 22.8. The van der Waals surface area contributed by atoms with Gasteiger partial charge in [-0.2, -0.15) is 0 Å². The van der Waals surface area contributed by atoms with Gasteiger partial charge >= 0.3 is 5.97 Å². The van der Waals surface area contributed by atoms with Gasteiger partial charge in [0.2, 0.25) is 0 Å². The molecule has 0 spiro atoms. The molecule has 0 heterocycles. The van der Waals surface area contributed by atoms with Crippen molar-refractivity contribution in [3.63, 3.8) is 0 Å². The molecule has 0 bridgehead atoms. The molecule has 0 aliphatic heterocycles. The van der Waals surface area contributed by atoms with Gasteiger partial charge in [-0.15, -0.1) is 0 Å². The number of rotatable bonds is 14. The van der Waals surface area contributed by atoms with E-state index in [0.29, 0.717) is 12.2 Å². The lowest BCUT2D eigenvalue weighted by Crippen LogP contribution is -2.25. The minimum atomic E-state index is -0.933. The number of ether oxygens (including phenoxy) is 1. The minimum absolute atomic E-state index is 0.0901. The quantitative estimate of drug-likeness (QED) is 0.210. The fourth-order valence-electron chi connectivity index (χ4n) is 4.59. The SMILES string of the molecule is Cc1cc(CCCCCCCOc2ccc(C(=O)NCCC(=O)O)cc2)ccc1-c1ccc(C(C)(C)C)cc1. The first-order valence-electron chi connectivity index (χ1n) is 14.1. The van der Waals surface area contributed by atoms with Crippen LogP contribution in [0.25, 0.3) is 11.1 Å². The van der Waals surface area contributed by atoms with E-state index in [1.165, 1.54) is 47.1 Å². The molecule has 0 saturated heterocycles. The van der Waals surface area contributed by atoms with E-state index in [4.69, 9.17) is 9.84 Å². The summed E-state index contributed by atoms with van der Waals surface area (Å²) in [5.74, 6) is -0.474. The van der Waals surface area contributed by atoms with Crippen molar-refractivity contribution < 1.29 is 19.4 Å². The van der Waals surface area contributed by atoms with Gasteiger partial charge in [-0.1, -0.05) is 82.5 Å². The Balaban J connectivity index is 1.30. The van der Waals surface area contributed by atoms with Crippen LogP contribution in [-0.2, 0) is 16.6 Å². The lowest BCUT2D eigenvalue weighted by atomic mass is 9.86. The number of amides is 1. The molecule has 0 fully saturated rings. The molecule has 3 aromatic rings. The molecule has 0 atom stereocenters. The monoisotopic (exact) mass is 529 g/mol. The summed E-state index contributed by atoms with van der Waals surface area (Å²) in [5, 5.41) is 11.2. The maximum Gasteiger partial charge on any atom is 0.305 e. The van der Waals surface area contributed by atoms with Crippen molar-refractivity contribution in [1.29, 1.82) is 0 Å². The van der Waals surface area contributed by atoms with Crippen LogP contribution in [0.4, 0.5) is 0 Å². The third-order valence-corrected chi connectivity index (χ3v) is 6.97. The topological polar surface area (TPSA) is 75.6 Å². The molecule has 5 heteroatoms. The number of carboxylic acid groups (broad SMARTS) is 1. The summed E-state index contributed by atoms with van der Waals surface area (Å²) in [4.78, 5) is 22.5. The highest BCUT2D eigenvalue weighted by Gasteiger charge is 2.13. The average molecular weight is 530 g/mol. The maximum atomic E-state index is 12.0. The molecule has 5 nitrogen and oxygen atoms in total. The molecule has 3 rings (SSSR count). The highest BCUT2D eigenvalue weighted by molar-refractivity contribution is 5.94. The summed E-state index contributed by atoms with van der Waals surface area (Å²) in [6.45, 7) is 9.72. The van der Waals surface area contributed by atoms with Gasteiger partial charge < -0.3 is 15.2 Å². The smallest absolute Gasteiger partial charge is 0.305 e. The highest BCUT2D eigenvalue weighted by Crippen LogP contribution is 2.28. The van der Waals surface area contributed by atoms with E-state index < -0.39 is 5.97 Å². The zero-order valence-electron chi connectivity index (χ0n) is 23.9. The fourth-order valence-corrected chi connectivity index (χ4v) is 4.59. The maximum absolute atomic E-state index is 12.0. The largest absolute Gasteiger partial charge is 0.494 e. The Morgan fingerprint density at radius 3 is 2.15 bits per heavy atom. The van der Waals surface area contributed by atoms with Crippen molar-refractivity contribution in [2.24, 2.45) is 0 Å². The number of carboxylic acids is 1. The summed E-state index contributed by atoms with van der Waals surface area (Å²) in [5.41, 5.74) is 7.36. The van der Waals surface area contributed by atoms with Gasteiger partial charge in [-0.25, -0.2) is 0 Å². The van der Waals surface area contributed by atoms with Crippen LogP contribution in [0.5, 0.6) is 5.75 Å². The first-order valence-corrected chi connectivity index (χ1v) is 14.1. The standard InChI is InChI=1S/C34H43NO4/c1-25-24-26(11-20-31(25)27-12-16-29(17-13-27)34(2,3)4)10-8-6-5-7-9-23-39-30-18-14-28(15-19-30)33(38)35-22-21-32(36)37/h11-20,24H,5-10,21-23H2,1-4H3,(H,35,38)(H,36,37). The molecule has 3 aromatic carbocycles. The number of carbonyl (C=O) groups is 2. The fraction of sp³-hybridized carbons (Fsp3) is 0.412. The molecule has 0 unspecified atom stereocenters. The molecule has 0 aliphatic carbocycles. The van der Waals surface area contributed by atoms with E-state index >= 15 is 0 Å². The van der Waals surface area contributed by atoms with E-state index in [2.05, 4.69) is 75.5 Å². The van der Waals surface area contributed by atoms with E-state index in [1.807, 2.05) is 0 Å². The molecule has 0 aromatic heterocycles. The van der Waals surface area contributed by atoms with Crippen molar-refractivity contribution in [3.05, 3.63) is 89.0 Å². The summed E-state index contributed by atoms with van der Waals surface area (Å²) in [6.07, 6.45) is 6.74. The lowest BCUT2D eigenvalue weighted by molar-refractivity contribution is -0.136. The molecule has 0 aliphatic rings. The van der Waals surface area contributed by atoms with Crippen LogP contribution in [0.15, 0.2) is 66.7 Å². The third-order valence-electron chi connectivity index (χ3n) is 6.97. The number of unbranched alkanes of at least 4 members (excludes halogenated alkanes) is 4. The zero-order chi connectivity index (χ0) is 28.3. The van der Waals surface area contributed by atoms with Gasteiger partial charge in [0.25, 0.3) is 5.91 Å². The van der Waals surface area contributed by atoms with Crippen LogP contribution >= 0.6 is 0 Å². The molecule has 0 saturated carbocycles. The number of hydrogen-bond acceptors (Lipinski definition) is 3. The van der Waals surface area contributed by atoms with Crippen molar-refractivity contribution in [2.75, 3.05) is 13.2 Å². The van der Waals surface area contributed by atoms with E-state index in [1.54, 1.807) is 24.3 Å². The number of nitrogens with one attached hydrogen (secondary N) is 1. The van der Waals surface area contributed by atoms with Crippen LogP contribution in [0, 0.1) is 6.92 Å². The number of hydrogen-bond donors (Lipinski definition) is 2. The van der Waals surface area contributed by atoms with E-state index in [0.717, 1.165) is 25.0 Å². The van der Waals surface area contributed by atoms with Crippen LogP contribution in [-0.4, -0.2) is 30.1 Å². The second kappa shape index (κ2) is 14.5. The summed E-state index contributed by atoms with van der Waals surface area (Å²) >= 11 is 0. The van der Waals surface area contributed by atoms with Gasteiger partial charge in [0.05, 0.1) is 13.0 Å². The molecule has 1 amide bonds. The van der Waals surface area contributed by atoms with Gasteiger partial charge in [-0.3, -0.25) is 9.59 Å². The number of benzene rings is 3. The Bertz CT molecular complexity index is 1210. The third kappa shape index (κ3) is 9.90. The van der Waals surface area contributed by atoms with Crippen LogP contribution in [0.3, 0.4) is 0 Å². The first-order chi connectivity index (χ1) is 18.6. The number of carbonyl (C=O) groups excluding carboxylic acids is 1. The minimum Gasteiger partial charge on any atom is -0.494 e. The highest BCUT2D eigenvalue weighted by atomic mass is 16.5. The predicted octanol–water partition coefficient (Wildman–Crippen LogP) is 7.74. The molecule has 208 valence electrons. The first kappa shape index (κ1) is 29.9. The molecule has 2 N–H and O–H groups in total. The predicted molar refractivity (Wildman–Crippen MR) is 159 cm³/mol. The van der Waals surface area contributed by atoms with Crippen molar-refractivity contribution in [2.45, 2.75) is 78.1 Å². The van der Waals surface area contributed by atoms with Crippen LogP contribution in [0.1, 0.15) is 86.3 Å². The van der Waals surface area contributed by atoms with Crippen molar-refractivity contribution in [3.8, 4) is 16.9 Å². The lowest BCUT2D eigenvalue weighted by Gasteiger charge is -2.19. The Kier molecular flexibility index (Phi) is 11.2. The van der Waals surface area contributed by atoms with E-state index in [9.17, 15) is 9.59 Å². The van der Waals surface area contributed by atoms with Crippen molar-refractivity contribution in [1.82, 2.24) is 5.32 Å². The van der Waals surface area contributed by atoms with Gasteiger partial charge in [0.1, 0.15) is 5.75 Å². The second-order valence-electron chi connectivity index (χ2n) is 11.3. The van der Waals surface area contributed by atoms with Crippen LogP contribution in [0.2, 0.25) is 0 Å². The summed E-state index contributed by atoms with van der Waals surface area (Å²) in [7, 11) is 0. The Labute approximate surface area is 233 Å². The van der Waals surface area contributed by atoms with Gasteiger partial charge in [0.15, 0.2) is 0 Å². The second-order valence-corrected chi connectivity index (χ2v) is 11.3. The van der Waals surface area contributed by atoms with E-state index in [-0.39, 0.29) is 24.3 Å². The molecular weight excluding hydrogens is 486 g/mol. The summed E-state index contributed by atoms with van der Waals surface area (Å²) < 4.78 is 5.80. The Morgan fingerprint density at radius 2 is 1.51 bits per heavy atom. The molecule has 0 radical (unpaired) electrons. The average Bonchev–Trinajstić information content (AvgIpc) is 2.90. The molecular formula is C34H43NO4. The van der Waals surface area contributed by atoms with Gasteiger partial charge in [-0.05, 0) is 83.7 Å². The zero-order valence-corrected chi connectivity index (χ0v) is 23.9. The number of aryl methyl sites for hydroxylation is 2. The van der Waals surface area contributed by atoms with Crippen molar-refractivity contribution >= 4 is 11.9 Å². The molecule has 39 heavy (non-hydrogen) atoms. The Morgan fingerprint density at radius 1 is 0.846 bits per heavy atom. The van der Waals surface area contributed by atoms with Gasteiger partial charge in [0, 0.05) is 12.1 Å². The number of aliphatic carboxylic acids is 1.